The summed E-state index contributed by atoms with van der Waals surface area (Å²) >= 11 is 0. The van der Waals surface area contributed by atoms with Crippen molar-refractivity contribution in [2.75, 3.05) is 6.54 Å². The molecule has 6 nitrogen and oxygen atoms in total. The van der Waals surface area contributed by atoms with Crippen LogP contribution in [0.3, 0.4) is 0 Å². The van der Waals surface area contributed by atoms with Crippen molar-refractivity contribution < 1.29 is 4.52 Å². The highest BCUT2D eigenvalue weighted by atomic mass is 16.5. The highest BCUT2D eigenvalue weighted by Crippen LogP contribution is 2.02. The van der Waals surface area contributed by atoms with Crippen LogP contribution in [-0.2, 0) is 6.54 Å². The number of nitrogens with zero attached hydrogens (tertiary/aromatic N) is 2. The quantitative estimate of drug-likeness (QED) is 0.225. The van der Waals surface area contributed by atoms with E-state index in [1.54, 1.807) is 0 Å². The molecule has 0 aliphatic carbocycles. The van der Waals surface area contributed by atoms with Crippen molar-refractivity contribution in [3.05, 3.63) is 17.5 Å². The summed E-state index contributed by atoms with van der Waals surface area (Å²) in [4.78, 5) is 4.23. The van der Waals surface area contributed by atoms with Gasteiger partial charge in [-0.3, -0.25) is 5.43 Å². The van der Waals surface area contributed by atoms with Crippen LogP contribution in [0.25, 0.3) is 0 Å². The lowest BCUT2D eigenvalue weighted by Gasteiger charge is -2.07. The fourth-order valence-electron chi connectivity index (χ4n) is 1.18. The predicted octanol–water partition coefficient (Wildman–Crippen LogP) is 0.692. The zero-order valence-electron chi connectivity index (χ0n) is 9.79. The van der Waals surface area contributed by atoms with Gasteiger partial charge in [-0.1, -0.05) is 18.5 Å². The number of hydrogen-bond acceptors (Lipinski definition) is 4. The van der Waals surface area contributed by atoms with E-state index in [-0.39, 0.29) is 0 Å². The molecule has 0 aliphatic heterocycles. The zero-order chi connectivity index (χ0) is 11.8. The monoisotopic (exact) mass is 225 g/mol. The first-order valence-corrected chi connectivity index (χ1v) is 5.43. The molecule has 4 N–H and O–H groups in total. The van der Waals surface area contributed by atoms with E-state index in [0.29, 0.717) is 12.5 Å². The van der Waals surface area contributed by atoms with Crippen LogP contribution in [0, 0.1) is 6.92 Å². The number of aromatic nitrogens is 1. The van der Waals surface area contributed by atoms with Crippen LogP contribution in [0.4, 0.5) is 0 Å². The molecule has 0 unspecified atom stereocenters. The van der Waals surface area contributed by atoms with Gasteiger partial charge in [-0.05, 0) is 13.3 Å². The first-order valence-electron chi connectivity index (χ1n) is 5.43. The summed E-state index contributed by atoms with van der Waals surface area (Å²) in [7, 11) is 0. The van der Waals surface area contributed by atoms with Crippen LogP contribution in [0.5, 0.6) is 0 Å². The molecular formula is C10H19N5O. The molecule has 0 saturated carbocycles. The maximum atomic E-state index is 5.33. The first-order chi connectivity index (χ1) is 7.76. The second-order valence-electron chi connectivity index (χ2n) is 3.52. The lowest BCUT2D eigenvalue weighted by atomic mass is 10.3. The van der Waals surface area contributed by atoms with Crippen molar-refractivity contribution >= 4 is 5.96 Å². The van der Waals surface area contributed by atoms with Crippen molar-refractivity contribution in [3.63, 3.8) is 0 Å². The summed E-state index contributed by atoms with van der Waals surface area (Å²) < 4.78 is 5.03. The largest absolute Gasteiger partial charge is 0.359 e. The van der Waals surface area contributed by atoms with E-state index in [2.05, 4.69) is 27.8 Å². The molecule has 16 heavy (non-hydrogen) atoms. The summed E-state index contributed by atoms with van der Waals surface area (Å²) in [6.45, 7) is 5.29. The fourth-order valence-corrected chi connectivity index (χ4v) is 1.18. The number of rotatable bonds is 5. The summed E-state index contributed by atoms with van der Waals surface area (Å²) in [6.07, 6.45) is 2.22. The molecule has 90 valence electrons. The molecule has 0 radical (unpaired) electrons. The molecule has 0 saturated heterocycles. The number of aliphatic imine (C=N–C) groups is 1. The fraction of sp³-hybridized carbons (Fsp3) is 0.600. The summed E-state index contributed by atoms with van der Waals surface area (Å²) in [5.41, 5.74) is 3.37. The van der Waals surface area contributed by atoms with Crippen LogP contribution in [0.2, 0.25) is 0 Å². The molecule has 1 heterocycles. The van der Waals surface area contributed by atoms with Gasteiger partial charge in [0.2, 0.25) is 5.96 Å². The lowest BCUT2D eigenvalue weighted by Crippen LogP contribution is -2.41. The van der Waals surface area contributed by atoms with Crippen LogP contribution >= 0.6 is 0 Å². The molecule has 0 bridgehead atoms. The van der Waals surface area contributed by atoms with Gasteiger partial charge in [0.15, 0.2) is 5.76 Å². The standard InChI is InChI=1S/C10H19N5O/c1-3-4-5-12-10(14-11)13-7-9-6-8(2)15-16-9/h6H,3-5,7,11H2,1-2H3,(H2,12,13,14). The van der Waals surface area contributed by atoms with Crippen molar-refractivity contribution in [1.29, 1.82) is 0 Å². The van der Waals surface area contributed by atoms with Gasteiger partial charge in [0.1, 0.15) is 6.54 Å². The molecule has 0 aliphatic rings. The summed E-state index contributed by atoms with van der Waals surface area (Å²) in [6, 6.07) is 1.85. The average molecular weight is 225 g/mol. The van der Waals surface area contributed by atoms with Crippen molar-refractivity contribution in [3.8, 4) is 0 Å². The Labute approximate surface area is 95.3 Å². The second kappa shape index (κ2) is 6.84. The average Bonchev–Trinajstić information content (AvgIpc) is 2.69. The first kappa shape index (κ1) is 12.5. The molecule has 0 aromatic carbocycles. The molecule has 1 rings (SSSR count). The molecule has 1 aromatic heterocycles. The van der Waals surface area contributed by atoms with Crippen molar-refractivity contribution in [2.24, 2.45) is 10.8 Å². The molecule has 6 heteroatoms. The molecule has 0 atom stereocenters. The molecule has 0 spiro atoms. The van der Waals surface area contributed by atoms with E-state index in [1.807, 2.05) is 13.0 Å². The normalized spacial score (nSPS) is 11.6. The summed E-state index contributed by atoms with van der Waals surface area (Å²) in [5.74, 6) is 6.63. The Hall–Kier alpha value is -1.56. The third-order valence-electron chi connectivity index (χ3n) is 2.03. The Balaban J connectivity index is 2.40. The smallest absolute Gasteiger partial charge is 0.206 e. The number of hydrazine groups is 1. The lowest BCUT2D eigenvalue weighted by molar-refractivity contribution is 0.381. The molecule has 1 aromatic rings. The third-order valence-corrected chi connectivity index (χ3v) is 2.03. The highest BCUT2D eigenvalue weighted by molar-refractivity contribution is 5.79. The number of nitrogens with two attached hydrogens (primary N) is 1. The Morgan fingerprint density at radius 2 is 2.44 bits per heavy atom. The van der Waals surface area contributed by atoms with Gasteiger partial charge in [0, 0.05) is 12.6 Å². The third kappa shape index (κ3) is 4.31. The number of hydrogen-bond donors (Lipinski definition) is 3. The minimum absolute atomic E-state index is 0.430. The van der Waals surface area contributed by atoms with E-state index in [9.17, 15) is 0 Å². The van der Waals surface area contributed by atoms with Crippen molar-refractivity contribution in [2.45, 2.75) is 33.2 Å². The Kier molecular flexibility index (Phi) is 5.35. The van der Waals surface area contributed by atoms with Crippen LogP contribution in [0.15, 0.2) is 15.6 Å². The highest BCUT2D eigenvalue weighted by Gasteiger charge is 2.00. The minimum atomic E-state index is 0.430. The SMILES string of the molecule is CCCCNC(=NCc1cc(C)no1)NN. The molecule has 0 amide bonds. The predicted molar refractivity (Wildman–Crippen MR) is 62.6 cm³/mol. The van der Waals surface area contributed by atoms with Gasteiger partial charge in [0.25, 0.3) is 0 Å². The van der Waals surface area contributed by atoms with Crippen molar-refractivity contribution in [1.82, 2.24) is 15.9 Å². The summed E-state index contributed by atoms with van der Waals surface area (Å²) in [5, 5.41) is 6.88. The van der Waals surface area contributed by atoms with E-state index >= 15 is 0 Å². The van der Waals surface area contributed by atoms with Gasteiger partial charge in [-0.25, -0.2) is 10.8 Å². The van der Waals surface area contributed by atoms with Crippen LogP contribution in [0.1, 0.15) is 31.2 Å². The maximum Gasteiger partial charge on any atom is 0.206 e. The Bertz CT molecular complexity index is 334. The van der Waals surface area contributed by atoms with Gasteiger partial charge < -0.3 is 9.84 Å². The molecule has 0 fully saturated rings. The van der Waals surface area contributed by atoms with E-state index < -0.39 is 0 Å². The Morgan fingerprint density at radius 3 is 3.00 bits per heavy atom. The van der Waals surface area contributed by atoms with E-state index in [0.717, 1.165) is 30.8 Å². The number of aryl methyl sites for hydroxylation is 1. The van der Waals surface area contributed by atoms with E-state index in [4.69, 9.17) is 10.4 Å². The van der Waals surface area contributed by atoms with Gasteiger partial charge >= 0.3 is 0 Å². The van der Waals surface area contributed by atoms with Gasteiger partial charge in [0.05, 0.1) is 5.69 Å². The van der Waals surface area contributed by atoms with Gasteiger partial charge in [-0.15, -0.1) is 0 Å². The van der Waals surface area contributed by atoms with Crippen LogP contribution in [-0.4, -0.2) is 17.7 Å². The Morgan fingerprint density at radius 1 is 1.62 bits per heavy atom. The second-order valence-corrected chi connectivity index (χ2v) is 3.52. The number of unbranched alkanes of at least 4 members (excludes halogenated alkanes) is 1. The topological polar surface area (TPSA) is 88.5 Å². The van der Waals surface area contributed by atoms with Gasteiger partial charge in [-0.2, -0.15) is 0 Å². The minimum Gasteiger partial charge on any atom is -0.359 e. The van der Waals surface area contributed by atoms with Crippen LogP contribution < -0.4 is 16.6 Å². The number of guanidine groups is 1. The maximum absolute atomic E-state index is 5.33. The van der Waals surface area contributed by atoms with E-state index in [1.165, 1.54) is 0 Å². The number of nitrogens with one attached hydrogen (secondary N) is 2. The molecular weight excluding hydrogens is 206 g/mol. The zero-order valence-corrected chi connectivity index (χ0v) is 9.79.